The van der Waals surface area contributed by atoms with Gasteiger partial charge in [-0.3, -0.25) is 9.59 Å². The molecule has 4 rings (SSSR count). The van der Waals surface area contributed by atoms with Crippen LogP contribution in [0.2, 0.25) is 0 Å². The predicted octanol–water partition coefficient (Wildman–Crippen LogP) is 2.87. The second-order valence-corrected chi connectivity index (χ2v) is 8.07. The first-order valence-electron chi connectivity index (χ1n) is 10.7. The van der Waals surface area contributed by atoms with Crippen LogP contribution in [0.15, 0.2) is 45.7 Å². The summed E-state index contributed by atoms with van der Waals surface area (Å²) in [6, 6.07) is 10.1. The lowest BCUT2D eigenvalue weighted by atomic mass is 10.0. The molecule has 170 valence electrons. The average Bonchev–Trinajstić information content (AvgIpc) is 3.15. The SMILES string of the molecule is CC(=O)O.Cc1cc(CCc2c[nH]c3ccccc23)oc(=O)c1C(=O)N1CCC(N)CC1. The number of carbonyl (C=O) groups is 2. The number of benzene rings is 1. The summed E-state index contributed by atoms with van der Waals surface area (Å²) in [5.41, 5.74) is 8.45. The number of amides is 1. The van der Waals surface area contributed by atoms with Gasteiger partial charge in [-0.05, 0) is 49.4 Å². The first-order chi connectivity index (χ1) is 15.3. The van der Waals surface area contributed by atoms with Gasteiger partial charge in [-0.15, -0.1) is 0 Å². The molecule has 0 saturated carbocycles. The van der Waals surface area contributed by atoms with E-state index in [1.807, 2.05) is 30.5 Å². The third kappa shape index (κ3) is 5.64. The van der Waals surface area contributed by atoms with Crippen LogP contribution in [0, 0.1) is 6.92 Å². The van der Waals surface area contributed by atoms with Crippen molar-refractivity contribution in [2.45, 2.75) is 45.6 Å². The Morgan fingerprint density at radius 1 is 1.22 bits per heavy atom. The van der Waals surface area contributed by atoms with E-state index in [0.717, 1.165) is 31.7 Å². The highest BCUT2D eigenvalue weighted by atomic mass is 16.4. The smallest absolute Gasteiger partial charge is 0.349 e. The minimum Gasteiger partial charge on any atom is -0.481 e. The van der Waals surface area contributed by atoms with Crippen molar-refractivity contribution in [2.75, 3.05) is 13.1 Å². The lowest BCUT2D eigenvalue weighted by molar-refractivity contribution is -0.134. The van der Waals surface area contributed by atoms with Gasteiger partial charge in [0.2, 0.25) is 0 Å². The highest BCUT2D eigenvalue weighted by Crippen LogP contribution is 2.20. The molecule has 0 spiro atoms. The van der Waals surface area contributed by atoms with Crippen LogP contribution in [-0.2, 0) is 17.6 Å². The number of hydrogen-bond donors (Lipinski definition) is 3. The molecular weight excluding hydrogens is 410 g/mol. The molecule has 3 aromatic rings. The standard InChI is InChI=1S/C22H25N3O3.C2H4O2/c1-14-12-17(7-6-15-13-24-19-5-3-2-4-18(15)19)28-22(27)20(14)21(26)25-10-8-16(23)9-11-25;1-2(3)4/h2-5,12-13,16,24H,6-11,23H2,1H3;1H3,(H,3,4). The Balaban J connectivity index is 0.000000668. The van der Waals surface area contributed by atoms with Crippen LogP contribution in [0.25, 0.3) is 10.9 Å². The largest absolute Gasteiger partial charge is 0.481 e. The second-order valence-electron chi connectivity index (χ2n) is 8.07. The Bertz CT molecular complexity index is 1150. The third-order valence-electron chi connectivity index (χ3n) is 5.56. The Labute approximate surface area is 186 Å². The first kappa shape index (κ1) is 23.3. The fraction of sp³-hybridized carbons (Fsp3) is 0.375. The number of carboxylic acids is 1. The molecule has 1 saturated heterocycles. The summed E-state index contributed by atoms with van der Waals surface area (Å²) in [4.78, 5) is 39.3. The van der Waals surface area contributed by atoms with Crippen LogP contribution in [-0.4, -0.2) is 46.0 Å². The summed E-state index contributed by atoms with van der Waals surface area (Å²) in [5.74, 6) is -0.480. The lowest BCUT2D eigenvalue weighted by Crippen LogP contribution is -2.44. The summed E-state index contributed by atoms with van der Waals surface area (Å²) < 4.78 is 5.49. The number of hydrogen-bond acceptors (Lipinski definition) is 5. The Morgan fingerprint density at radius 3 is 2.53 bits per heavy atom. The molecule has 1 amide bonds. The fourth-order valence-electron chi connectivity index (χ4n) is 3.91. The van der Waals surface area contributed by atoms with Crippen LogP contribution in [0.5, 0.6) is 0 Å². The quantitative estimate of drug-likeness (QED) is 0.573. The number of carbonyl (C=O) groups excluding carboxylic acids is 1. The molecule has 3 heterocycles. The zero-order valence-corrected chi connectivity index (χ0v) is 18.4. The minimum absolute atomic E-state index is 0.133. The van der Waals surface area contributed by atoms with Crippen molar-refractivity contribution >= 4 is 22.8 Å². The van der Waals surface area contributed by atoms with Crippen molar-refractivity contribution in [3.63, 3.8) is 0 Å². The number of aromatic nitrogens is 1. The monoisotopic (exact) mass is 439 g/mol. The summed E-state index contributed by atoms with van der Waals surface area (Å²) in [6.45, 7) is 4.05. The lowest BCUT2D eigenvalue weighted by Gasteiger charge is -2.30. The Morgan fingerprint density at radius 2 is 1.88 bits per heavy atom. The van der Waals surface area contributed by atoms with E-state index in [9.17, 15) is 9.59 Å². The van der Waals surface area contributed by atoms with Gasteiger partial charge in [0, 0.05) is 49.6 Å². The van der Waals surface area contributed by atoms with Gasteiger partial charge in [-0.1, -0.05) is 18.2 Å². The van der Waals surface area contributed by atoms with Crippen molar-refractivity contribution in [3.05, 3.63) is 69.4 Å². The minimum atomic E-state index is -0.833. The number of rotatable bonds is 4. The second kappa shape index (κ2) is 10.3. The number of carboxylic acid groups (broad SMARTS) is 1. The van der Waals surface area contributed by atoms with Crippen LogP contribution < -0.4 is 11.4 Å². The zero-order valence-electron chi connectivity index (χ0n) is 18.4. The number of nitrogens with two attached hydrogens (primary N) is 1. The molecule has 4 N–H and O–H groups in total. The maximum Gasteiger partial charge on any atom is 0.349 e. The fourth-order valence-corrected chi connectivity index (χ4v) is 3.91. The number of piperidine rings is 1. The summed E-state index contributed by atoms with van der Waals surface area (Å²) in [5, 5.41) is 8.59. The summed E-state index contributed by atoms with van der Waals surface area (Å²) >= 11 is 0. The van der Waals surface area contributed by atoms with E-state index in [-0.39, 0.29) is 17.5 Å². The molecule has 1 aliphatic rings. The normalized spacial score (nSPS) is 14.2. The number of aliphatic carboxylic acids is 1. The highest BCUT2D eigenvalue weighted by molar-refractivity contribution is 5.95. The summed E-state index contributed by atoms with van der Waals surface area (Å²) in [7, 11) is 0. The van der Waals surface area contributed by atoms with Crippen molar-refractivity contribution in [3.8, 4) is 0 Å². The number of nitrogens with zero attached hydrogens (tertiary/aromatic N) is 1. The molecule has 0 atom stereocenters. The number of aromatic amines is 1. The molecule has 2 aromatic heterocycles. The van der Waals surface area contributed by atoms with Crippen LogP contribution in [0.3, 0.4) is 0 Å². The van der Waals surface area contributed by atoms with Gasteiger partial charge < -0.3 is 25.1 Å². The number of para-hydroxylation sites is 1. The van der Waals surface area contributed by atoms with Gasteiger partial charge in [0.1, 0.15) is 11.3 Å². The molecule has 0 unspecified atom stereocenters. The molecule has 8 heteroatoms. The van der Waals surface area contributed by atoms with Crippen molar-refractivity contribution in [2.24, 2.45) is 5.73 Å². The molecule has 0 radical (unpaired) electrons. The number of likely N-dealkylation sites (tertiary alicyclic amines) is 1. The topological polar surface area (TPSA) is 130 Å². The molecule has 1 fully saturated rings. The van der Waals surface area contributed by atoms with Crippen LogP contribution in [0.4, 0.5) is 0 Å². The number of fused-ring (bicyclic) bond motifs is 1. The average molecular weight is 440 g/mol. The molecule has 0 aliphatic carbocycles. The molecule has 0 bridgehead atoms. The molecule has 32 heavy (non-hydrogen) atoms. The first-order valence-corrected chi connectivity index (χ1v) is 10.7. The van der Waals surface area contributed by atoms with Gasteiger partial charge in [0.05, 0.1) is 0 Å². The number of H-pyrrole nitrogens is 1. The maximum atomic E-state index is 12.8. The van der Waals surface area contributed by atoms with Crippen LogP contribution in [0.1, 0.15) is 47.0 Å². The zero-order chi connectivity index (χ0) is 23.3. The van der Waals surface area contributed by atoms with Gasteiger partial charge in [0.25, 0.3) is 11.9 Å². The Kier molecular flexibility index (Phi) is 7.48. The van der Waals surface area contributed by atoms with Gasteiger partial charge in [-0.2, -0.15) is 0 Å². The van der Waals surface area contributed by atoms with E-state index in [0.29, 0.717) is 30.8 Å². The van der Waals surface area contributed by atoms with E-state index in [1.165, 1.54) is 10.9 Å². The van der Waals surface area contributed by atoms with Gasteiger partial charge in [0.15, 0.2) is 0 Å². The predicted molar refractivity (Wildman–Crippen MR) is 122 cm³/mol. The van der Waals surface area contributed by atoms with E-state index in [4.69, 9.17) is 20.1 Å². The van der Waals surface area contributed by atoms with Crippen molar-refractivity contribution in [1.82, 2.24) is 9.88 Å². The maximum absolute atomic E-state index is 12.8. The Hall–Kier alpha value is -3.39. The van der Waals surface area contributed by atoms with E-state index < -0.39 is 11.6 Å². The summed E-state index contributed by atoms with van der Waals surface area (Å²) in [6.07, 6.45) is 4.88. The van der Waals surface area contributed by atoms with Crippen molar-refractivity contribution < 1.29 is 19.1 Å². The molecule has 8 nitrogen and oxygen atoms in total. The van der Waals surface area contributed by atoms with Gasteiger partial charge >= 0.3 is 5.63 Å². The van der Waals surface area contributed by atoms with Crippen LogP contribution >= 0.6 is 0 Å². The van der Waals surface area contributed by atoms with E-state index in [1.54, 1.807) is 11.8 Å². The van der Waals surface area contributed by atoms with E-state index >= 15 is 0 Å². The van der Waals surface area contributed by atoms with Gasteiger partial charge in [-0.25, -0.2) is 4.79 Å². The van der Waals surface area contributed by atoms with Crippen molar-refractivity contribution in [1.29, 1.82) is 0 Å². The number of aryl methyl sites for hydroxylation is 3. The highest BCUT2D eigenvalue weighted by Gasteiger charge is 2.26. The third-order valence-corrected chi connectivity index (χ3v) is 5.56. The molecule has 1 aromatic carbocycles. The number of nitrogens with one attached hydrogen (secondary N) is 1. The molecular formula is C24H29N3O5. The van der Waals surface area contributed by atoms with E-state index in [2.05, 4.69) is 11.1 Å². The molecule has 1 aliphatic heterocycles.